The fourth-order valence-electron chi connectivity index (χ4n) is 2.48. The van der Waals surface area contributed by atoms with Crippen molar-refractivity contribution in [3.05, 3.63) is 68.9 Å². The van der Waals surface area contributed by atoms with Crippen molar-refractivity contribution in [3.63, 3.8) is 0 Å². The van der Waals surface area contributed by atoms with Crippen LogP contribution in [0, 0.1) is 6.92 Å². The number of thiazole rings is 1. The van der Waals surface area contributed by atoms with Gasteiger partial charge in [-0.2, -0.15) is 0 Å². The molecule has 3 rings (SSSR count). The largest absolute Gasteiger partial charge is 0.351 e. The first-order valence-corrected chi connectivity index (χ1v) is 10.4. The summed E-state index contributed by atoms with van der Waals surface area (Å²) >= 11 is 2.89. The van der Waals surface area contributed by atoms with E-state index in [9.17, 15) is 9.59 Å². The summed E-state index contributed by atoms with van der Waals surface area (Å²) in [6.07, 6.45) is 3.55. The summed E-state index contributed by atoms with van der Waals surface area (Å²) in [7, 11) is 0. The number of anilines is 1. The number of aromatic nitrogens is 1. The zero-order valence-corrected chi connectivity index (χ0v) is 16.7. The molecule has 7 heteroatoms. The second-order valence-electron chi connectivity index (χ2n) is 6.18. The van der Waals surface area contributed by atoms with Crippen molar-refractivity contribution in [1.82, 2.24) is 10.3 Å². The van der Waals surface area contributed by atoms with Gasteiger partial charge in [0.15, 0.2) is 5.13 Å². The normalized spacial score (nSPS) is 10.6. The minimum absolute atomic E-state index is 0.0865. The highest BCUT2D eigenvalue weighted by Gasteiger charge is 2.09. The van der Waals surface area contributed by atoms with Gasteiger partial charge in [-0.1, -0.05) is 35.9 Å². The van der Waals surface area contributed by atoms with Gasteiger partial charge < -0.3 is 10.6 Å². The van der Waals surface area contributed by atoms with Crippen LogP contribution in [0.15, 0.2) is 48.0 Å². The van der Waals surface area contributed by atoms with Crippen molar-refractivity contribution in [2.75, 3.05) is 11.9 Å². The molecule has 0 atom stereocenters. The first-order valence-electron chi connectivity index (χ1n) is 8.72. The van der Waals surface area contributed by atoms with Crippen molar-refractivity contribution in [3.8, 4) is 0 Å². The Bertz CT molecular complexity index is 886. The lowest BCUT2D eigenvalue weighted by Gasteiger charge is -2.04. The second-order valence-corrected chi connectivity index (χ2v) is 8.24. The van der Waals surface area contributed by atoms with Crippen LogP contribution in [0.2, 0.25) is 0 Å². The van der Waals surface area contributed by atoms with Gasteiger partial charge in [-0.3, -0.25) is 9.59 Å². The number of aryl methyl sites for hydroxylation is 1. The van der Waals surface area contributed by atoms with Gasteiger partial charge in [-0.05, 0) is 30.4 Å². The van der Waals surface area contributed by atoms with Gasteiger partial charge in [0, 0.05) is 30.5 Å². The summed E-state index contributed by atoms with van der Waals surface area (Å²) in [4.78, 5) is 29.9. The van der Waals surface area contributed by atoms with Gasteiger partial charge in [0.05, 0.1) is 4.88 Å². The first-order chi connectivity index (χ1) is 13.1. The molecule has 3 aromatic rings. The van der Waals surface area contributed by atoms with Crippen LogP contribution in [-0.4, -0.2) is 23.3 Å². The lowest BCUT2D eigenvalue weighted by atomic mass is 10.1. The Kier molecular flexibility index (Phi) is 6.73. The van der Waals surface area contributed by atoms with E-state index < -0.39 is 0 Å². The molecule has 140 valence electrons. The number of thiophene rings is 1. The lowest BCUT2D eigenvalue weighted by Crippen LogP contribution is -2.24. The van der Waals surface area contributed by atoms with E-state index >= 15 is 0 Å². The summed E-state index contributed by atoms with van der Waals surface area (Å²) in [6, 6.07) is 12.0. The number of benzene rings is 1. The maximum Gasteiger partial charge on any atom is 0.261 e. The van der Waals surface area contributed by atoms with Crippen molar-refractivity contribution in [1.29, 1.82) is 0 Å². The summed E-state index contributed by atoms with van der Waals surface area (Å²) in [5.74, 6) is -0.178. The van der Waals surface area contributed by atoms with Crippen LogP contribution in [0.1, 0.15) is 38.5 Å². The minimum Gasteiger partial charge on any atom is -0.351 e. The summed E-state index contributed by atoms with van der Waals surface area (Å²) in [6.45, 7) is 2.54. The van der Waals surface area contributed by atoms with Crippen molar-refractivity contribution >= 4 is 39.6 Å². The van der Waals surface area contributed by atoms with Crippen molar-refractivity contribution in [2.45, 2.75) is 26.2 Å². The zero-order valence-electron chi connectivity index (χ0n) is 15.0. The molecule has 0 aliphatic rings. The molecule has 1 aromatic carbocycles. The smallest absolute Gasteiger partial charge is 0.261 e. The predicted octanol–water partition coefficient (Wildman–Crippen LogP) is 4.25. The highest BCUT2D eigenvalue weighted by Crippen LogP contribution is 2.21. The predicted molar refractivity (Wildman–Crippen MR) is 111 cm³/mol. The summed E-state index contributed by atoms with van der Waals surface area (Å²) < 4.78 is 0. The number of carbonyl (C=O) groups is 2. The Morgan fingerprint density at radius 1 is 1.15 bits per heavy atom. The van der Waals surface area contributed by atoms with Gasteiger partial charge in [0.2, 0.25) is 5.91 Å². The van der Waals surface area contributed by atoms with Crippen LogP contribution >= 0.6 is 22.7 Å². The number of rotatable bonds is 8. The number of nitrogens with one attached hydrogen (secondary N) is 2. The molecular weight excluding hydrogens is 378 g/mol. The van der Waals surface area contributed by atoms with E-state index in [4.69, 9.17) is 0 Å². The molecule has 0 fully saturated rings. The molecule has 0 aliphatic heterocycles. The maximum atomic E-state index is 12.0. The molecule has 2 heterocycles. The molecule has 0 aliphatic carbocycles. The number of nitrogens with zero attached hydrogens (tertiary/aromatic N) is 1. The SMILES string of the molecule is Cc1ccc(Cc2cnc(NC(=O)CCCNC(=O)c3cccs3)s2)cc1. The third kappa shape index (κ3) is 6.01. The van der Waals surface area contributed by atoms with E-state index in [1.807, 2.05) is 11.4 Å². The van der Waals surface area contributed by atoms with E-state index in [0.29, 0.717) is 29.4 Å². The Balaban J connectivity index is 1.38. The summed E-state index contributed by atoms with van der Waals surface area (Å²) in [5, 5.41) is 8.13. The van der Waals surface area contributed by atoms with E-state index in [0.717, 1.165) is 11.3 Å². The molecule has 0 spiro atoms. The molecule has 5 nitrogen and oxygen atoms in total. The second kappa shape index (κ2) is 9.43. The summed E-state index contributed by atoms with van der Waals surface area (Å²) in [5.41, 5.74) is 2.46. The molecule has 2 amide bonds. The first kappa shape index (κ1) is 19.3. The van der Waals surface area contributed by atoms with Crippen LogP contribution < -0.4 is 10.6 Å². The molecule has 0 radical (unpaired) electrons. The number of carbonyl (C=O) groups excluding carboxylic acids is 2. The van der Waals surface area contributed by atoms with Crippen molar-refractivity contribution < 1.29 is 9.59 Å². The molecule has 0 saturated carbocycles. The van der Waals surface area contributed by atoms with Crippen LogP contribution in [0.5, 0.6) is 0 Å². The van der Waals surface area contributed by atoms with Gasteiger partial charge in [0.25, 0.3) is 5.91 Å². The minimum atomic E-state index is -0.0916. The third-order valence-electron chi connectivity index (χ3n) is 3.91. The fourth-order valence-corrected chi connectivity index (χ4v) is 3.98. The number of amides is 2. The van der Waals surface area contributed by atoms with Gasteiger partial charge in [-0.15, -0.1) is 22.7 Å². The highest BCUT2D eigenvalue weighted by molar-refractivity contribution is 7.15. The maximum absolute atomic E-state index is 12.0. The monoisotopic (exact) mass is 399 g/mol. The Morgan fingerprint density at radius 3 is 2.70 bits per heavy atom. The zero-order chi connectivity index (χ0) is 19.1. The van der Waals surface area contributed by atoms with Crippen molar-refractivity contribution in [2.24, 2.45) is 0 Å². The molecule has 0 bridgehead atoms. The molecule has 2 N–H and O–H groups in total. The third-order valence-corrected chi connectivity index (χ3v) is 5.69. The van der Waals surface area contributed by atoms with Gasteiger partial charge in [0.1, 0.15) is 0 Å². The molecular formula is C20H21N3O2S2. The van der Waals surface area contributed by atoms with E-state index in [1.165, 1.54) is 33.8 Å². The molecule has 0 unspecified atom stereocenters. The number of hydrogen-bond donors (Lipinski definition) is 2. The van der Waals surface area contributed by atoms with Crippen LogP contribution in [0.3, 0.4) is 0 Å². The van der Waals surface area contributed by atoms with E-state index in [-0.39, 0.29) is 11.8 Å². The highest BCUT2D eigenvalue weighted by atomic mass is 32.1. The van der Waals surface area contributed by atoms with E-state index in [1.54, 1.807) is 12.3 Å². The van der Waals surface area contributed by atoms with Gasteiger partial charge in [-0.25, -0.2) is 4.98 Å². The van der Waals surface area contributed by atoms with Crippen LogP contribution in [0.25, 0.3) is 0 Å². The molecule has 0 saturated heterocycles. The average molecular weight is 400 g/mol. The van der Waals surface area contributed by atoms with Crippen LogP contribution in [-0.2, 0) is 11.2 Å². The van der Waals surface area contributed by atoms with E-state index in [2.05, 4.69) is 46.8 Å². The Morgan fingerprint density at radius 2 is 1.96 bits per heavy atom. The molecule has 2 aromatic heterocycles. The average Bonchev–Trinajstić information content (AvgIpc) is 3.33. The topological polar surface area (TPSA) is 71.1 Å². The quantitative estimate of drug-likeness (QED) is 0.556. The number of hydrogen-bond acceptors (Lipinski definition) is 5. The lowest BCUT2D eigenvalue weighted by molar-refractivity contribution is -0.116. The Labute approximate surface area is 166 Å². The molecule has 27 heavy (non-hydrogen) atoms. The fraction of sp³-hybridized carbons (Fsp3) is 0.250. The Hall–Kier alpha value is -2.51. The van der Waals surface area contributed by atoms with Crippen LogP contribution in [0.4, 0.5) is 5.13 Å². The standard InChI is InChI=1S/C20H21N3O2S2/c1-14-6-8-15(9-7-14)12-16-13-22-20(27-16)23-18(24)5-2-10-21-19(25)17-4-3-11-26-17/h3-4,6-9,11,13H,2,5,10,12H2,1H3,(H,21,25)(H,22,23,24). The van der Waals surface area contributed by atoms with Gasteiger partial charge >= 0.3 is 0 Å².